The van der Waals surface area contributed by atoms with E-state index in [0.717, 1.165) is 41.7 Å². The summed E-state index contributed by atoms with van der Waals surface area (Å²) in [6.45, 7) is 2.51. The molecule has 0 bridgehead atoms. The number of hydrogen-bond donors (Lipinski definition) is 1. The smallest absolute Gasteiger partial charge is 0.319 e. The Hall–Kier alpha value is -2.22. The third-order valence-electron chi connectivity index (χ3n) is 5.57. The van der Waals surface area contributed by atoms with Gasteiger partial charge in [-0.2, -0.15) is 0 Å². The van der Waals surface area contributed by atoms with E-state index in [9.17, 15) is 4.79 Å². The monoisotopic (exact) mass is 416 g/mol. The maximum absolute atomic E-state index is 12.1. The number of anilines is 1. The van der Waals surface area contributed by atoms with Crippen LogP contribution in [0.15, 0.2) is 29.4 Å². The van der Waals surface area contributed by atoms with Crippen LogP contribution >= 0.6 is 11.8 Å². The van der Waals surface area contributed by atoms with Gasteiger partial charge in [0, 0.05) is 24.2 Å². The average molecular weight is 417 g/mol. The number of esters is 1. The van der Waals surface area contributed by atoms with Crippen LogP contribution in [-0.2, 0) is 16.1 Å². The van der Waals surface area contributed by atoms with Crippen LogP contribution in [0.25, 0.3) is 0 Å². The van der Waals surface area contributed by atoms with Crippen molar-refractivity contribution in [2.45, 2.75) is 74.5 Å². The van der Waals surface area contributed by atoms with E-state index >= 15 is 0 Å². The Morgan fingerprint density at radius 1 is 1.28 bits per heavy atom. The zero-order valence-corrected chi connectivity index (χ0v) is 17.8. The number of carbonyl (C=O) groups is 1. The minimum atomic E-state index is -0.198. The van der Waals surface area contributed by atoms with Crippen LogP contribution in [0.5, 0.6) is 5.75 Å². The first-order valence-corrected chi connectivity index (χ1v) is 11.2. The first-order valence-electron chi connectivity index (χ1n) is 10.3. The topological polar surface area (TPSA) is 78.3 Å². The fraction of sp³-hybridized carbons (Fsp3) is 0.571. The summed E-state index contributed by atoms with van der Waals surface area (Å²) < 4.78 is 12.9. The Morgan fingerprint density at radius 2 is 2.10 bits per heavy atom. The van der Waals surface area contributed by atoms with Gasteiger partial charge < -0.3 is 19.4 Å². The molecule has 156 valence electrons. The van der Waals surface area contributed by atoms with E-state index in [1.807, 2.05) is 31.2 Å². The lowest BCUT2D eigenvalue weighted by molar-refractivity contribution is -0.140. The number of aromatic nitrogens is 3. The number of carbonyl (C=O) groups excluding carboxylic acids is 1. The van der Waals surface area contributed by atoms with E-state index in [1.165, 1.54) is 31.0 Å². The van der Waals surface area contributed by atoms with Crippen molar-refractivity contribution in [2.75, 3.05) is 12.4 Å². The Bertz CT molecular complexity index is 850. The molecule has 1 aromatic carbocycles. The van der Waals surface area contributed by atoms with Gasteiger partial charge in [0.05, 0.1) is 13.7 Å². The molecule has 2 heterocycles. The lowest BCUT2D eigenvalue weighted by Gasteiger charge is -2.26. The van der Waals surface area contributed by atoms with Crippen LogP contribution in [0.4, 0.5) is 5.69 Å². The molecule has 0 radical (unpaired) electrons. The van der Waals surface area contributed by atoms with Crippen molar-refractivity contribution in [3.63, 3.8) is 0 Å². The first-order chi connectivity index (χ1) is 14.1. The highest BCUT2D eigenvalue weighted by Gasteiger charge is 2.35. The number of thioether (sulfide) groups is 1. The molecule has 2 fully saturated rings. The van der Waals surface area contributed by atoms with Gasteiger partial charge in [-0.05, 0) is 31.9 Å². The van der Waals surface area contributed by atoms with Crippen molar-refractivity contribution in [3.8, 4) is 5.75 Å². The molecular formula is C21H28N4O3S. The van der Waals surface area contributed by atoms with Gasteiger partial charge in [-0.1, -0.05) is 37.1 Å². The van der Waals surface area contributed by atoms with Crippen molar-refractivity contribution in [1.82, 2.24) is 14.8 Å². The molecule has 2 aliphatic rings. The third-order valence-corrected chi connectivity index (χ3v) is 6.73. The molecule has 1 N–H and O–H groups in total. The van der Waals surface area contributed by atoms with E-state index in [-0.39, 0.29) is 17.3 Å². The minimum Gasteiger partial charge on any atom is -0.497 e. The van der Waals surface area contributed by atoms with Gasteiger partial charge in [0.1, 0.15) is 17.1 Å². The molecule has 2 aromatic rings. The summed E-state index contributed by atoms with van der Waals surface area (Å²) in [4.78, 5) is 12.1. The Labute approximate surface area is 175 Å². The number of nitrogens with one attached hydrogen (secondary N) is 1. The number of benzene rings is 1. The maximum atomic E-state index is 12.1. The van der Waals surface area contributed by atoms with Crippen LogP contribution in [0.3, 0.4) is 0 Å². The third kappa shape index (κ3) is 4.69. The van der Waals surface area contributed by atoms with Gasteiger partial charge in [-0.15, -0.1) is 10.2 Å². The molecule has 0 spiro atoms. The highest BCUT2D eigenvalue weighted by Crippen LogP contribution is 2.36. The van der Waals surface area contributed by atoms with Crippen molar-refractivity contribution in [3.05, 3.63) is 30.1 Å². The summed E-state index contributed by atoms with van der Waals surface area (Å²) in [5.74, 6) is 1.58. The highest BCUT2D eigenvalue weighted by atomic mass is 32.2. The summed E-state index contributed by atoms with van der Waals surface area (Å²) in [6.07, 6.45) is 6.67. The maximum Gasteiger partial charge on any atom is 0.319 e. The van der Waals surface area contributed by atoms with E-state index < -0.39 is 0 Å². The first kappa shape index (κ1) is 20.1. The summed E-state index contributed by atoms with van der Waals surface area (Å²) in [7, 11) is 1.66. The molecule has 1 saturated heterocycles. The predicted octanol–water partition coefficient (Wildman–Crippen LogP) is 4.20. The fourth-order valence-electron chi connectivity index (χ4n) is 4.07. The second-order valence-electron chi connectivity index (χ2n) is 7.74. The van der Waals surface area contributed by atoms with Gasteiger partial charge in [-0.25, -0.2) is 0 Å². The zero-order chi connectivity index (χ0) is 20.2. The van der Waals surface area contributed by atoms with Crippen LogP contribution < -0.4 is 10.1 Å². The average Bonchev–Trinajstić information content (AvgIpc) is 3.29. The summed E-state index contributed by atoms with van der Waals surface area (Å²) in [5, 5.41) is 13.0. The predicted molar refractivity (Wildman–Crippen MR) is 112 cm³/mol. The van der Waals surface area contributed by atoms with Gasteiger partial charge in [0.25, 0.3) is 0 Å². The number of hydrogen-bond acceptors (Lipinski definition) is 7. The summed E-state index contributed by atoms with van der Waals surface area (Å²) >= 11 is 1.50. The normalized spacial score (nSPS) is 22.5. The SMILES string of the molecule is COc1cccc(NCc2nnc(S[C@H]3C[C@@H](C)OC3=O)n2C2CCCCC2)c1. The molecule has 2 atom stereocenters. The molecular weight excluding hydrogens is 388 g/mol. The standard InChI is InChI=1S/C21H28N4O3S/c1-14-11-18(20(26)28-14)29-21-24-23-19(25(21)16-8-4-3-5-9-16)13-22-15-7-6-10-17(12-15)27-2/h6-7,10,12,14,16,18,22H,3-5,8-9,11,13H2,1-2H3/t14-,18+/m1/s1. The van der Waals surface area contributed by atoms with E-state index in [4.69, 9.17) is 9.47 Å². The van der Waals surface area contributed by atoms with Gasteiger partial charge in [0.2, 0.25) is 0 Å². The van der Waals surface area contributed by atoms with Gasteiger partial charge in [-0.3, -0.25) is 4.79 Å². The Balaban J connectivity index is 1.54. The number of rotatable bonds is 7. The molecule has 8 heteroatoms. The van der Waals surface area contributed by atoms with E-state index in [2.05, 4.69) is 20.1 Å². The highest BCUT2D eigenvalue weighted by molar-refractivity contribution is 8.00. The number of cyclic esters (lactones) is 1. The molecule has 1 aliphatic carbocycles. The molecule has 1 aromatic heterocycles. The molecule has 29 heavy (non-hydrogen) atoms. The Morgan fingerprint density at radius 3 is 2.83 bits per heavy atom. The molecule has 1 saturated carbocycles. The van der Waals surface area contributed by atoms with Gasteiger partial charge in [0.15, 0.2) is 11.0 Å². The minimum absolute atomic E-state index is 0.0275. The lowest BCUT2D eigenvalue weighted by atomic mass is 9.95. The molecule has 1 aliphatic heterocycles. The molecule has 0 unspecified atom stereocenters. The van der Waals surface area contributed by atoms with Crippen LogP contribution in [-0.4, -0.2) is 39.2 Å². The van der Waals surface area contributed by atoms with E-state index in [1.54, 1.807) is 7.11 Å². The number of nitrogens with zero attached hydrogens (tertiary/aromatic N) is 3. The molecule has 7 nitrogen and oxygen atoms in total. The number of methoxy groups -OCH3 is 1. The second kappa shape index (κ2) is 9.07. The summed E-state index contributed by atoms with van der Waals surface area (Å²) in [5.41, 5.74) is 0.977. The zero-order valence-electron chi connectivity index (χ0n) is 17.0. The fourth-order valence-corrected chi connectivity index (χ4v) is 5.30. The van der Waals surface area contributed by atoms with Crippen LogP contribution in [0.2, 0.25) is 0 Å². The van der Waals surface area contributed by atoms with Crippen molar-refractivity contribution in [1.29, 1.82) is 0 Å². The van der Waals surface area contributed by atoms with Crippen molar-refractivity contribution >= 4 is 23.4 Å². The van der Waals surface area contributed by atoms with E-state index in [0.29, 0.717) is 12.6 Å². The number of ether oxygens (including phenoxy) is 2. The second-order valence-corrected chi connectivity index (χ2v) is 8.91. The van der Waals surface area contributed by atoms with Crippen LogP contribution in [0, 0.1) is 0 Å². The van der Waals surface area contributed by atoms with Crippen molar-refractivity contribution in [2.24, 2.45) is 0 Å². The molecule has 4 rings (SSSR count). The van der Waals surface area contributed by atoms with Crippen LogP contribution in [0.1, 0.15) is 57.3 Å². The van der Waals surface area contributed by atoms with Crippen molar-refractivity contribution < 1.29 is 14.3 Å². The lowest BCUT2D eigenvalue weighted by Crippen LogP contribution is -2.19. The Kier molecular flexibility index (Phi) is 6.28. The molecule has 0 amide bonds. The quantitative estimate of drug-likeness (QED) is 0.678. The largest absolute Gasteiger partial charge is 0.497 e. The van der Waals surface area contributed by atoms with Gasteiger partial charge >= 0.3 is 5.97 Å². The summed E-state index contributed by atoms with van der Waals surface area (Å²) in [6, 6.07) is 8.24.